The topological polar surface area (TPSA) is 52.6 Å². The summed E-state index contributed by atoms with van der Waals surface area (Å²) >= 11 is 0. The summed E-state index contributed by atoms with van der Waals surface area (Å²) in [5.41, 5.74) is 1.43. The van der Waals surface area contributed by atoms with Crippen molar-refractivity contribution in [1.82, 2.24) is 0 Å². The molecule has 1 rings (SSSR count). The maximum Gasteiger partial charge on any atom is 0.308 e. The quantitative estimate of drug-likeness (QED) is 0.625. The van der Waals surface area contributed by atoms with E-state index in [1.807, 2.05) is 34.6 Å². The SMILES string of the molecule is CC(=O)Oc1cc(C(C)(C)C)c(OC(C)=O)cc1C(C)C. The van der Waals surface area contributed by atoms with Crippen molar-refractivity contribution in [3.8, 4) is 11.5 Å². The molecule has 0 amide bonds. The Kier molecular flexibility index (Phi) is 5.15. The minimum absolute atomic E-state index is 0.141. The van der Waals surface area contributed by atoms with Crippen LogP contribution >= 0.6 is 0 Å². The second-order valence-electron chi connectivity index (χ2n) is 6.48. The lowest BCUT2D eigenvalue weighted by molar-refractivity contribution is -0.133. The monoisotopic (exact) mass is 292 g/mol. The number of rotatable bonds is 3. The number of benzene rings is 1. The van der Waals surface area contributed by atoms with E-state index < -0.39 is 0 Å². The molecule has 0 unspecified atom stereocenters. The van der Waals surface area contributed by atoms with Crippen LogP contribution < -0.4 is 9.47 Å². The molecule has 0 aliphatic carbocycles. The largest absolute Gasteiger partial charge is 0.426 e. The van der Waals surface area contributed by atoms with Crippen LogP contribution in [0, 0.1) is 0 Å². The standard InChI is InChI=1S/C17H24O4/c1-10(2)13-8-16(21-12(4)19)14(17(5,6)7)9-15(13)20-11(3)18/h8-10H,1-7H3. The molecule has 1 aromatic rings. The summed E-state index contributed by atoms with van der Waals surface area (Å²) in [6.45, 7) is 12.8. The zero-order valence-corrected chi connectivity index (χ0v) is 13.9. The molecule has 1 aromatic carbocycles. The highest BCUT2D eigenvalue weighted by molar-refractivity contribution is 5.72. The second kappa shape index (κ2) is 6.29. The molecular weight excluding hydrogens is 268 g/mol. The van der Waals surface area contributed by atoms with Crippen LogP contribution in [-0.4, -0.2) is 11.9 Å². The molecule has 0 atom stereocenters. The number of carbonyl (C=O) groups is 2. The molecule has 0 aliphatic heterocycles. The van der Waals surface area contributed by atoms with Crippen LogP contribution in [0.4, 0.5) is 0 Å². The van der Waals surface area contributed by atoms with Crippen molar-refractivity contribution in [2.75, 3.05) is 0 Å². The van der Waals surface area contributed by atoms with Gasteiger partial charge in [-0.25, -0.2) is 0 Å². The van der Waals surface area contributed by atoms with Crippen molar-refractivity contribution in [3.63, 3.8) is 0 Å². The van der Waals surface area contributed by atoms with Crippen molar-refractivity contribution in [2.45, 2.75) is 59.8 Å². The first-order chi connectivity index (χ1) is 9.52. The van der Waals surface area contributed by atoms with Crippen LogP contribution in [0.2, 0.25) is 0 Å². The van der Waals surface area contributed by atoms with Gasteiger partial charge in [-0.1, -0.05) is 34.6 Å². The third-order valence-corrected chi connectivity index (χ3v) is 3.05. The van der Waals surface area contributed by atoms with E-state index in [0.717, 1.165) is 11.1 Å². The van der Waals surface area contributed by atoms with Crippen molar-refractivity contribution in [2.24, 2.45) is 0 Å². The van der Waals surface area contributed by atoms with Crippen molar-refractivity contribution in [3.05, 3.63) is 23.3 Å². The predicted molar refractivity (Wildman–Crippen MR) is 81.8 cm³/mol. The first-order valence-corrected chi connectivity index (χ1v) is 7.07. The summed E-state index contributed by atoms with van der Waals surface area (Å²) in [5, 5.41) is 0. The number of hydrogen-bond donors (Lipinski definition) is 0. The van der Waals surface area contributed by atoms with Crippen LogP contribution in [0.5, 0.6) is 11.5 Å². The Bertz CT molecular complexity index is 551. The lowest BCUT2D eigenvalue weighted by atomic mass is 9.84. The Labute approximate surface area is 126 Å². The molecule has 21 heavy (non-hydrogen) atoms. The molecule has 0 heterocycles. The molecule has 0 fully saturated rings. The van der Waals surface area contributed by atoms with E-state index in [9.17, 15) is 9.59 Å². The molecule has 0 aliphatic rings. The molecule has 0 saturated heterocycles. The fraction of sp³-hybridized carbons (Fsp3) is 0.529. The van der Waals surface area contributed by atoms with Gasteiger partial charge in [0.25, 0.3) is 0 Å². The summed E-state index contributed by atoms with van der Waals surface area (Å²) in [5.74, 6) is 0.461. The van der Waals surface area contributed by atoms with E-state index in [-0.39, 0.29) is 23.3 Å². The summed E-state index contributed by atoms with van der Waals surface area (Å²) in [7, 11) is 0. The predicted octanol–water partition coefficient (Wildman–Crippen LogP) is 3.96. The summed E-state index contributed by atoms with van der Waals surface area (Å²) < 4.78 is 10.7. The molecule has 0 aromatic heterocycles. The normalized spacial score (nSPS) is 11.4. The lowest BCUT2D eigenvalue weighted by Crippen LogP contribution is -2.17. The van der Waals surface area contributed by atoms with Crippen LogP contribution in [0.15, 0.2) is 12.1 Å². The first-order valence-electron chi connectivity index (χ1n) is 7.07. The van der Waals surface area contributed by atoms with Gasteiger partial charge >= 0.3 is 11.9 Å². The first kappa shape index (κ1) is 17.2. The Hall–Kier alpha value is -1.84. The fourth-order valence-corrected chi connectivity index (χ4v) is 2.10. The molecule has 4 nitrogen and oxygen atoms in total. The van der Waals surface area contributed by atoms with E-state index in [1.165, 1.54) is 13.8 Å². The van der Waals surface area contributed by atoms with Gasteiger partial charge in [-0.15, -0.1) is 0 Å². The van der Waals surface area contributed by atoms with Crippen LogP contribution in [0.25, 0.3) is 0 Å². The zero-order valence-electron chi connectivity index (χ0n) is 13.9. The summed E-state index contributed by atoms with van der Waals surface area (Å²) in [6.07, 6.45) is 0. The number of hydrogen-bond acceptors (Lipinski definition) is 4. The van der Waals surface area contributed by atoms with Gasteiger partial charge in [-0.2, -0.15) is 0 Å². The fourth-order valence-electron chi connectivity index (χ4n) is 2.10. The molecular formula is C17H24O4. The van der Waals surface area contributed by atoms with Gasteiger partial charge in [0.15, 0.2) is 0 Å². The van der Waals surface area contributed by atoms with Gasteiger partial charge in [0.1, 0.15) is 11.5 Å². The summed E-state index contributed by atoms with van der Waals surface area (Å²) in [6, 6.07) is 3.60. The Morgan fingerprint density at radius 3 is 1.81 bits per heavy atom. The average Bonchev–Trinajstić information content (AvgIpc) is 2.27. The van der Waals surface area contributed by atoms with Gasteiger partial charge in [0.2, 0.25) is 0 Å². The second-order valence-corrected chi connectivity index (χ2v) is 6.48. The molecule has 4 heteroatoms. The highest BCUT2D eigenvalue weighted by Crippen LogP contribution is 2.39. The lowest BCUT2D eigenvalue weighted by Gasteiger charge is -2.25. The minimum Gasteiger partial charge on any atom is -0.426 e. The minimum atomic E-state index is -0.365. The zero-order chi connectivity index (χ0) is 16.4. The molecule has 0 bridgehead atoms. The van der Waals surface area contributed by atoms with E-state index >= 15 is 0 Å². The average molecular weight is 292 g/mol. The Morgan fingerprint density at radius 1 is 0.952 bits per heavy atom. The molecule has 0 saturated carbocycles. The van der Waals surface area contributed by atoms with Crippen molar-refractivity contribution >= 4 is 11.9 Å². The number of esters is 2. The van der Waals surface area contributed by atoms with Gasteiger partial charge in [0, 0.05) is 25.0 Å². The van der Waals surface area contributed by atoms with Gasteiger partial charge in [-0.05, 0) is 23.5 Å². The van der Waals surface area contributed by atoms with Crippen molar-refractivity contribution < 1.29 is 19.1 Å². The molecule has 0 spiro atoms. The molecule has 116 valence electrons. The molecule has 0 N–H and O–H groups in total. The van der Waals surface area contributed by atoms with Gasteiger partial charge < -0.3 is 9.47 Å². The third kappa shape index (κ3) is 4.59. The van der Waals surface area contributed by atoms with E-state index in [2.05, 4.69) is 0 Å². The third-order valence-electron chi connectivity index (χ3n) is 3.05. The Morgan fingerprint density at radius 2 is 1.43 bits per heavy atom. The Balaban J connectivity index is 3.53. The van der Waals surface area contributed by atoms with Crippen LogP contribution in [0.3, 0.4) is 0 Å². The summed E-state index contributed by atoms with van der Waals surface area (Å²) in [4.78, 5) is 22.6. The number of ether oxygens (including phenoxy) is 2. The van der Waals surface area contributed by atoms with Crippen molar-refractivity contribution in [1.29, 1.82) is 0 Å². The van der Waals surface area contributed by atoms with Crippen LogP contribution in [-0.2, 0) is 15.0 Å². The smallest absolute Gasteiger partial charge is 0.308 e. The maximum atomic E-state index is 11.3. The highest BCUT2D eigenvalue weighted by Gasteiger charge is 2.24. The van der Waals surface area contributed by atoms with E-state index in [1.54, 1.807) is 12.1 Å². The maximum absolute atomic E-state index is 11.3. The van der Waals surface area contributed by atoms with E-state index in [0.29, 0.717) is 11.5 Å². The van der Waals surface area contributed by atoms with E-state index in [4.69, 9.17) is 9.47 Å². The number of carbonyl (C=O) groups excluding carboxylic acids is 2. The highest BCUT2D eigenvalue weighted by atomic mass is 16.5. The van der Waals surface area contributed by atoms with Gasteiger partial charge in [0.05, 0.1) is 0 Å². The van der Waals surface area contributed by atoms with Crippen LogP contribution in [0.1, 0.15) is 65.5 Å². The van der Waals surface area contributed by atoms with Gasteiger partial charge in [-0.3, -0.25) is 9.59 Å². The molecule has 0 radical (unpaired) electrons.